The van der Waals surface area contributed by atoms with Crippen LogP contribution in [0.15, 0.2) is 0 Å². The molecule has 1 aliphatic rings. The Morgan fingerprint density at radius 3 is 2.40 bits per heavy atom. The topological polar surface area (TPSA) is 41.5 Å². The summed E-state index contributed by atoms with van der Waals surface area (Å²) in [4.78, 5) is 0. The maximum absolute atomic E-state index is 9.33. The highest BCUT2D eigenvalue weighted by molar-refractivity contribution is 4.91. The summed E-state index contributed by atoms with van der Waals surface area (Å²) >= 11 is 0. The maximum Gasteiger partial charge on any atom is 0.0624 e. The normalized spacial score (nSPS) is 25.5. The number of hydrogen-bond donors (Lipinski definition) is 2. The molecule has 0 bridgehead atoms. The quantitative estimate of drug-likeness (QED) is 0.568. The Labute approximate surface area is 61.4 Å². The Hall–Kier alpha value is -0.120. The zero-order chi connectivity index (χ0) is 7.61. The first-order valence-corrected chi connectivity index (χ1v) is 3.62. The molecule has 1 saturated heterocycles. The second kappa shape index (κ2) is 2.86. The van der Waals surface area contributed by atoms with Crippen LogP contribution in [0.25, 0.3) is 0 Å². The fraction of sp³-hybridized carbons (Fsp3) is 1.00. The fourth-order valence-corrected chi connectivity index (χ4v) is 1.21. The Morgan fingerprint density at radius 1 is 1.70 bits per heavy atom. The smallest absolute Gasteiger partial charge is 0.0624 e. The molecule has 0 aromatic carbocycles. The summed E-state index contributed by atoms with van der Waals surface area (Å²) in [6.07, 6.45) is -0.270. The van der Waals surface area contributed by atoms with Crippen LogP contribution in [0.5, 0.6) is 0 Å². The molecule has 3 heteroatoms. The first-order chi connectivity index (χ1) is 4.71. The van der Waals surface area contributed by atoms with Gasteiger partial charge >= 0.3 is 0 Å². The van der Waals surface area contributed by atoms with Crippen LogP contribution < -0.4 is 5.32 Å². The van der Waals surface area contributed by atoms with Gasteiger partial charge in [-0.3, -0.25) is 0 Å². The largest absolute Gasteiger partial charge is 0.393 e. The minimum Gasteiger partial charge on any atom is -0.393 e. The number of aliphatic hydroxyl groups is 1. The van der Waals surface area contributed by atoms with E-state index in [0.29, 0.717) is 13.2 Å². The molecule has 0 aliphatic carbocycles. The van der Waals surface area contributed by atoms with E-state index in [2.05, 4.69) is 5.32 Å². The Balaban J connectivity index is 2.42. The molecule has 1 aliphatic heterocycles. The van der Waals surface area contributed by atoms with E-state index in [1.807, 2.05) is 14.0 Å². The molecule has 0 amide bonds. The van der Waals surface area contributed by atoms with E-state index < -0.39 is 0 Å². The second-order valence-electron chi connectivity index (χ2n) is 3.06. The van der Waals surface area contributed by atoms with E-state index in [1.54, 1.807) is 0 Å². The molecule has 1 unspecified atom stereocenters. The highest BCUT2D eigenvalue weighted by Crippen LogP contribution is 2.30. The lowest BCUT2D eigenvalue weighted by Crippen LogP contribution is -2.55. The van der Waals surface area contributed by atoms with Crippen molar-refractivity contribution in [3.63, 3.8) is 0 Å². The van der Waals surface area contributed by atoms with E-state index in [1.165, 1.54) is 0 Å². The summed E-state index contributed by atoms with van der Waals surface area (Å²) in [6, 6.07) is 0. The van der Waals surface area contributed by atoms with Crippen molar-refractivity contribution < 1.29 is 9.84 Å². The third kappa shape index (κ3) is 1.17. The molecule has 1 heterocycles. The first kappa shape index (κ1) is 7.98. The summed E-state index contributed by atoms with van der Waals surface area (Å²) < 4.78 is 5.05. The summed E-state index contributed by atoms with van der Waals surface area (Å²) in [5, 5.41) is 12.4. The van der Waals surface area contributed by atoms with E-state index in [4.69, 9.17) is 4.74 Å². The molecule has 1 atom stereocenters. The molecule has 0 saturated carbocycles. The number of rotatable bonds is 3. The molecular weight excluding hydrogens is 130 g/mol. The van der Waals surface area contributed by atoms with Crippen molar-refractivity contribution in [1.29, 1.82) is 0 Å². The zero-order valence-electron chi connectivity index (χ0n) is 6.55. The molecule has 60 valence electrons. The van der Waals surface area contributed by atoms with Crippen molar-refractivity contribution in [2.45, 2.75) is 13.0 Å². The monoisotopic (exact) mass is 145 g/mol. The number of aliphatic hydroxyl groups excluding tert-OH is 1. The molecule has 1 fully saturated rings. The van der Waals surface area contributed by atoms with Gasteiger partial charge in [-0.1, -0.05) is 0 Å². The fourth-order valence-electron chi connectivity index (χ4n) is 1.21. The minimum atomic E-state index is -0.270. The molecule has 1 rings (SSSR count). The number of hydrogen-bond acceptors (Lipinski definition) is 3. The molecule has 0 aromatic heterocycles. The Bertz CT molecular complexity index is 110. The number of nitrogens with one attached hydrogen (secondary N) is 1. The Kier molecular flexibility index (Phi) is 2.28. The number of ether oxygens (including phenoxy) is 1. The van der Waals surface area contributed by atoms with Crippen LogP contribution in [0.2, 0.25) is 0 Å². The van der Waals surface area contributed by atoms with Crippen molar-refractivity contribution in [2.24, 2.45) is 5.41 Å². The van der Waals surface area contributed by atoms with Crippen molar-refractivity contribution in [1.82, 2.24) is 5.32 Å². The average Bonchev–Trinajstić information content (AvgIpc) is 1.77. The SMILES string of the molecule is CNCC1(C(C)O)COC1. The van der Waals surface area contributed by atoms with Crippen molar-refractivity contribution in [3.8, 4) is 0 Å². The van der Waals surface area contributed by atoms with Crippen LogP contribution in [0, 0.1) is 5.41 Å². The highest BCUT2D eigenvalue weighted by atomic mass is 16.5. The van der Waals surface area contributed by atoms with Gasteiger partial charge in [0.05, 0.1) is 24.7 Å². The van der Waals surface area contributed by atoms with Gasteiger partial charge < -0.3 is 15.2 Å². The zero-order valence-corrected chi connectivity index (χ0v) is 6.55. The lowest BCUT2D eigenvalue weighted by molar-refractivity contribution is -0.163. The molecule has 3 nitrogen and oxygen atoms in total. The van der Waals surface area contributed by atoms with E-state index in [-0.39, 0.29) is 11.5 Å². The van der Waals surface area contributed by atoms with Gasteiger partial charge in [0, 0.05) is 6.54 Å². The van der Waals surface area contributed by atoms with E-state index >= 15 is 0 Å². The molecule has 0 spiro atoms. The maximum atomic E-state index is 9.33. The van der Waals surface area contributed by atoms with Gasteiger partial charge in [0.15, 0.2) is 0 Å². The Morgan fingerprint density at radius 2 is 2.30 bits per heavy atom. The second-order valence-corrected chi connectivity index (χ2v) is 3.06. The van der Waals surface area contributed by atoms with Gasteiger partial charge in [0.25, 0.3) is 0 Å². The summed E-state index contributed by atoms with van der Waals surface area (Å²) in [7, 11) is 1.89. The lowest BCUT2D eigenvalue weighted by atomic mass is 9.81. The van der Waals surface area contributed by atoms with Crippen molar-refractivity contribution in [2.75, 3.05) is 26.8 Å². The predicted octanol–water partition coefficient (Wildman–Crippen LogP) is -0.397. The lowest BCUT2D eigenvalue weighted by Gasteiger charge is -2.43. The first-order valence-electron chi connectivity index (χ1n) is 3.62. The van der Waals surface area contributed by atoms with Crippen LogP contribution in [-0.4, -0.2) is 38.0 Å². The molecule has 0 aromatic rings. The predicted molar refractivity (Wildman–Crippen MR) is 38.9 cm³/mol. The molecule has 0 radical (unpaired) electrons. The van der Waals surface area contributed by atoms with E-state index in [9.17, 15) is 5.11 Å². The van der Waals surface area contributed by atoms with Gasteiger partial charge in [0.2, 0.25) is 0 Å². The van der Waals surface area contributed by atoms with Crippen molar-refractivity contribution in [3.05, 3.63) is 0 Å². The van der Waals surface area contributed by atoms with Crippen LogP contribution in [0.3, 0.4) is 0 Å². The third-order valence-electron chi connectivity index (χ3n) is 2.19. The van der Waals surface area contributed by atoms with Crippen LogP contribution in [0.4, 0.5) is 0 Å². The minimum absolute atomic E-state index is 0.00521. The average molecular weight is 145 g/mol. The standard InChI is InChI=1S/C7H15NO2/c1-6(9)7(3-8-2)4-10-5-7/h6,8-9H,3-5H2,1-2H3. The van der Waals surface area contributed by atoms with Gasteiger partial charge in [-0.2, -0.15) is 0 Å². The van der Waals surface area contributed by atoms with E-state index in [0.717, 1.165) is 6.54 Å². The van der Waals surface area contributed by atoms with Crippen LogP contribution in [-0.2, 0) is 4.74 Å². The van der Waals surface area contributed by atoms with Crippen molar-refractivity contribution >= 4 is 0 Å². The molecule has 2 N–H and O–H groups in total. The molecular formula is C7H15NO2. The molecule has 10 heavy (non-hydrogen) atoms. The van der Waals surface area contributed by atoms with Crippen LogP contribution >= 0.6 is 0 Å². The van der Waals surface area contributed by atoms with Gasteiger partial charge in [-0.25, -0.2) is 0 Å². The highest BCUT2D eigenvalue weighted by Gasteiger charge is 2.42. The van der Waals surface area contributed by atoms with Gasteiger partial charge in [-0.05, 0) is 14.0 Å². The van der Waals surface area contributed by atoms with Gasteiger partial charge in [-0.15, -0.1) is 0 Å². The van der Waals surface area contributed by atoms with Gasteiger partial charge in [0.1, 0.15) is 0 Å². The third-order valence-corrected chi connectivity index (χ3v) is 2.19. The van der Waals surface area contributed by atoms with Crippen LogP contribution in [0.1, 0.15) is 6.92 Å². The summed E-state index contributed by atoms with van der Waals surface area (Å²) in [5.74, 6) is 0. The summed E-state index contributed by atoms with van der Waals surface area (Å²) in [5.41, 5.74) is -0.00521. The summed E-state index contributed by atoms with van der Waals surface area (Å²) in [6.45, 7) is 4.03.